The van der Waals surface area contributed by atoms with Gasteiger partial charge in [-0.2, -0.15) is 11.8 Å². The number of aliphatic imine (C=N–C) groups is 1. The molecule has 2 aliphatic heterocycles. The van der Waals surface area contributed by atoms with Crippen LogP contribution < -0.4 is 5.73 Å². The number of nitrogens with zero attached hydrogens (tertiary/aromatic N) is 3. The molecule has 6 nitrogen and oxygen atoms in total. The van der Waals surface area contributed by atoms with Crippen molar-refractivity contribution in [3.05, 3.63) is 0 Å². The molecule has 2 N–H and O–H groups in total. The SMILES string of the molecule is NC(=NCCS(=O)(=O)N1CCSCC1)N1CCCCC1. The molecule has 2 aliphatic rings. The van der Waals surface area contributed by atoms with Crippen LogP contribution in [0.2, 0.25) is 0 Å². The van der Waals surface area contributed by atoms with Crippen molar-refractivity contribution in [2.24, 2.45) is 10.7 Å². The summed E-state index contributed by atoms with van der Waals surface area (Å²) in [6, 6.07) is 0. The minimum Gasteiger partial charge on any atom is -0.370 e. The molecule has 2 saturated heterocycles. The van der Waals surface area contributed by atoms with Gasteiger partial charge in [0.2, 0.25) is 10.0 Å². The van der Waals surface area contributed by atoms with E-state index in [9.17, 15) is 8.42 Å². The summed E-state index contributed by atoms with van der Waals surface area (Å²) in [6.07, 6.45) is 3.52. The maximum Gasteiger partial charge on any atom is 0.215 e. The van der Waals surface area contributed by atoms with Crippen LogP contribution in [0.4, 0.5) is 0 Å². The predicted molar refractivity (Wildman–Crippen MR) is 84.6 cm³/mol. The normalized spacial score (nSPS) is 23.0. The number of nitrogens with two attached hydrogens (primary N) is 1. The van der Waals surface area contributed by atoms with E-state index in [1.165, 1.54) is 6.42 Å². The molecule has 0 aromatic rings. The van der Waals surface area contributed by atoms with Crippen LogP contribution in [0.1, 0.15) is 19.3 Å². The Morgan fingerprint density at radius 2 is 1.75 bits per heavy atom. The molecule has 2 fully saturated rings. The van der Waals surface area contributed by atoms with Crippen molar-refractivity contribution in [2.45, 2.75) is 19.3 Å². The number of hydrogen-bond acceptors (Lipinski definition) is 4. The summed E-state index contributed by atoms with van der Waals surface area (Å²) < 4.78 is 25.9. The van der Waals surface area contributed by atoms with Gasteiger partial charge in [-0.3, -0.25) is 4.99 Å². The summed E-state index contributed by atoms with van der Waals surface area (Å²) in [5.74, 6) is 2.33. The van der Waals surface area contributed by atoms with Crippen molar-refractivity contribution in [3.63, 3.8) is 0 Å². The van der Waals surface area contributed by atoms with Crippen LogP contribution in [0.3, 0.4) is 0 Å². The molecule has 20 heavy (non-hydrogen) atoms. The van der Waals surface area contributed by atoms with E-state index >= 15 is 0 Å². The fourth-order valence-corrected chi connectivity index (χ4v) is 4.91. The molecule has 2 rings (SSSR count). The summed E-state index contributed by atoms with van der Waals surface area (Å²) in [6.45, 7) is 3.38. The average Bonchev–Trinajstić information content (AvgIpc) is 2.49. The molecule has 0 amide bonds. The Morgan fingerprint density at radius 3 is 2.40 bits per heavy atom. The standard InChI is InChI=1S/C12H24N4O2S2/c13-12(15-5-2-1-3-6-15)14-4-11-20(17,18)16-7-9-19-10-8-16/h1-11H2,(H2,13,14). The fraction of sp³-hybridized carbons (Fsp3) is 0.917. The number of rotatable bonds is 4. The van der Waals surface area contributed by atoms with Gasteiger partial charge in [-0.05, 0) is 19.3 Å². The monoisotopic (exact) mass is 320 g/mol. The Labute approximate surface area is 125 Å². The smallest absolute Gasteiger partial charge is 0.215 e. The van der Waals surface area contributed by atoms with Crippen LogP contribution in [-0.2, 0) is 10.0 Å². The molecule has 0 unspecified atom stereocenters. The Hall–Kier alpha value is -0.470. The Balaban J connectivity index is 1.81. The largest absolute Gasteiger partial charge is 0.370 e. The van der Waals surface area contributed by atoms with Crippen molar-refractivity contribution >= 4 is 27.7 Å². The van der Waals surface area contributed by atoms with Crippen molar-refractivity contribution < 1.29 is 8.42 Å². The van der Waals surface area contributed by atoms with E-state index in [0.29, 0.717) is 19.0 Å². The van der Waals surface area contributed by atoms with Crippen LogP contribution in [-0.4, -0.2) is 73.6 Å². The zero-order valence-electron chi connectivity index (χ0n) is 11.8. The van der Waals surface area contributed by atoms with Crippen LogP contribution in [0, 0.1) is 0 Å². The Kier molecular flexibility index (Phi) is 5.98. The molecular formula is C12H24N4O2S2. The highest BCUT2D eigenvalue weighted by atomic mass is 32.2. The number of sulfonamides is 1. The summed E-state index contributed by atoms with van der Waals surface area (Å²) in [7, 11) is -3.17. The highest BCUT2D eigenvalue weighted by Crippen LogP contribution is 2.13. The third kappa shape index (κ3) is 4.53. The third-order valence-corrected chi connectivity index (χ3v) is 6.46. The lowest BCUT2D eigenvalue weighted by molar-refractivity contribution is 0.338. The molecule has 0 aromatic heterocycles. The lowest BCUT2D eigenvalue weighted by Gasteiger charge is -2.28. The molecule has 116 valence electrons. The number of hydrogen-bond donors (Lipinski definition) is 1. The third-order valence-electron chi connectivity index (χ3n) is 3.67. The number of guanidine groups is 1. The first kappa shape index (κ1) is 15.9. The van der Waals surface area contributed by atoms with Gasteiger partial charge in [0.25, 0.3) is 0 Å². The van der Waals surface area contributed by atoms with E-state index in [2.05, 4.69) is 4.99 Å². The van der Waals surface area contributed by atoms with Crippen molar-refractivity contribution in [1.29, 1.82) is 0 Å². The van der Waals surface area contributed by atoms with Crippen LogP contribution in [0.5, 0.6) is 0 Å². The minimum absolute atomic E-state index is 0.0617. The second-order valence-electron chi connectivity index (χ2n) is 5.12. The van der Waals surface area contributed by atoms with Crippen molar-refractivity contribution in [3.8, 4) is 0 Å². The van der Waals surface area contributed by atoms with Gasteiger partial charge >= 0.3 is 0 Å². The van der Waals surface area contributed by atoms with Crippen molar-refractivity contribution in [2.75, 3.05) is 50.0 Å². The van der Waals surface area contributed by atoms with E-state index in [4.69, 9.17) is 5.73 Å². The van der Waals surface area contributed by atoms with Crippen LogP contribution >= 0.6 is 11.8 Å². The molecule has 0 atom stereocenters. The van der Waals surface area contributed by atoms with Crippen LogP contribution in [0.25, 0.3) is 0 Å². The summed E-state index contributed by atoms with van der Waals surface area (Å²) in [5.41, 5.74) is 5.92. The highest BCUT2D eigenvalue weighted by Gasteiger charge is 2.23. The quantitative estimate of drug-likeness (QED) is 0.590. The van der Waals surface area contributed by atoms with Gasteiger partial charge in [-0.1, -0.05) is 0 Å². The molecule has 8 heteroatoms. The molecular weight excluding hydrogens is 296 g/mol. The molecule has 0 bridgehead atoms. The number of likely N-dealkylation sites (tertiary alicyclic amines) is 1. The van der Waals surface area contributed by atoms with E-state index in [0.717, 1.165) is 37.4 Å². The second-order valence-corrected chi connectivity index (χ2v) is 8.43. The summed E-state index contributed by atoms with van der Waals surface area (Å²) >= 11 is 1.80. The Morgan fingerprint density at radius 1 is 1.10 bits per heavy atom. The van der Waals surface area contributed by atoms with E-state index < -0.39 is 10.0 Å². The fourth-order valence-electron chi connectivity index (χ4n) is 2.45. The second kappa shape index (κ2) is 7.51. The van der Waals surface area contributed by atoms with Crippen molar-refractivity contribution in [1.82, 2.24) is 9.21 Å². The topological polar surface area (TPSA) is 79.0 Å². The zero-order valence-corrected chi connectivity index (χ0v) is 13.5. The first-order valence-electron chi connectivity index (χ1n) is 7.20. The van der Waals surface area contributed by atoms with Gasteiger partial charge in [0.05, 0.1) is 12.3 Å². The minimum atomic E-state index is -3.17. The summed E-state index contributed by atoms with van der Waals surface area (Å²) in [4.78, 5) is 6.29. The van der Waals surface area contributed by atoms with Crippen LogP contribution in [0.15, 0.2) is 4.99 Å². The maximum absolute atomic E-state index is 12.1. The molecule has 2 heterocycles. The number of piperidine rings is 1. The predicted octanol–water partition coefficient (Wildman–Crippen LogP) is 0.166. The lowest BCUT2D eigenvalue weighted by atomic mass is 10.1. The maximum atomic E-state index is 12.1. The molecule has 0 aromatic carbocycles. The van der Waals surface area contributed by atoms with Gasteiger partial charge in [0.15, 0.2) is 5.96 Å². The zero-order chi connectivity index (χ0) is 14.4. The first-order chi connectivity index (χ1) is 9.59. The highest BCUT2D eigenvalue weighted by molar-refractivity contribution is 7.99. The van der Waals surface area contributed by atoms with Gasteiger partial charge < -0.3 is 10.6 Å². The average molecular weight is 320 g/mol. The molecule has 0 spiro atoms. The molecule has 0 radical (unpaired) electrons. The van der Waals surface area contributed by atoms with Gasteiger partial charge in [-0.15, -0.1) is 0 Å². The Bertz CT molecular complexity index is 427. The molecule has 0 aliphatic carbocycles. The first-order valence-corrected chi connectivity index (χ1v) is 9.96. The lowest BCUT2D eigenvalue weighted by Crippen LogP contribution is -2.42. The van der Waals surface area contributed by atoms with E-state index in [-0.39, 0.29) is 12.3 Å². The van der Waals surface area contributed by atoms with E-state index in [1.807, 2.05) is 4.90 Å². The van der Waals surface area contributed by atoms with Gasteiger partial charge in [0, 0.05) is 37.7 Å². The van der Waals surface area contributed by atoms with Gasteiger partial charge in [0.1, 0.15) is 0 Å². The number of thioether (sulfide) groups is 1. The summed E-state index contributed by atoms with van der Waals surface area (Å²) in [5, 5.41) is 0. The van der Waals surface area contributed by atoms with Gasteiger partial charge in [-0.25, -0.2) is 12.7 Å². The molecule has 0 saturated carbocycles. The van der Waals surface area contributed by atoms with E-state index in [1.54, 1.807) is 16.1 Å².